The molecule has 0 aliphatic rings. The molecule has 0 atom stereocenters. The maximum atomic E-state index is 10.6. The Labute approximate surface area is 79.0 Å². The molecule has 2 aromatic rings. The van der Waals surface area contributed by atoms with Crippen LogP contribution in [0, 0.1) is 6.92 Å². The number of aryl methyl sites for hydroxylation is 1. The summed E-state index contributed by atoms with van der Waals surface area (Å²) in [5.74, 6) is -1.02. The van der Waals surface area contributed by atoms with E-state index < -0.39 is 5.97 Å². The fraction of sp³-hybridized carbons (Fsp3) is 0.125. The predicted octanol–water partition coefficient (Wildman–Crippen LogP) is 0.806. The summed E-state index contributed by atoms with van der Waals surface area (Å²) in [5.41, 5.74) is 2.30. The molecular formula is C8H8N4O2. The van der Waals surface area contributed by atoms with Gasteiger partial charge in [0, 0.05) is 11.3 Å². The largest absolute Gasteiger partial charge is 0.477 e. The van der Waals surface area contributed by atoms with E-state index in [1.807, 2.05) is 6.92 Å². The number of nitrogens with zero attached hydrogens (tertiary/aromatic N) is 2. The van der Waals surface area contributed by atoms with Crippen molar-refractivity contribution in [2.75, 3.05) is 0 Å². The first-order valence-corrected chi connectivity index (χ1v) is 3.97. The summed E-state index contributed by atoms with van der Waals surface area (Å²) in [6.07, 6.45) is 1.61. The van der Waals surface area contributed by atoms with Gasteiger partial charge in [0.25, 0.3) is 0 Å². The SMILES string of the molecule is Cc1[nH]ncc1-c1cc(C(=O)O)[nH]n1. The van der Waals surface area contributed by atoms with E-state index >= 15 is 0 Å². The zero-order valence-corrected chi connectivity index (χ0v) is 7.40. The second-order valence-electron chi connectivity index (χ2n) is 2.88. The van der Waals surface area contributed by atoms with Gasteiger partial charge in [-0.05, 0) is 13.0 Å². The Hall–Kier alpha value is -2.11. The average Bonchev–Trinajstić information content (AvgIpc) is 2.71. The lowest BCUT2D eigenvalue weighted by Gasteiger charge is -1.89. The molecule has 0 aliphatic carbocycles. The van der Waals surface area contributed by atoms with E-state index in [0.29, 0.717) is 5.69 Å². The van der Waals surface area contributed by atoms with Crippen molar-refractivity contribution >= 4 is 5.97 Å². The highest BCUT2D eigenvalue weighted by Crippen LogP contribution is 2.19. The van der Waals surface area contributed by atoms with Gasteiger partial charge in [0.1, 0.15) is 5.69 Å². The first-order chi connectivity index (χ1) is 6.68. The molecule has 3 N–H and O–H groups in total. The minimum atomic E-state index is -1.02. The van der Waals surface area contributed by atoms with Crippen LogP contribution in [-0.2, 0) is 0 Å². The van der Waals surface area contributed by atoms with Crippen molar-refractivity contribution in [2.45, 2.75) is 6.92 Å². The Morgan fingerprint density at radius 3 is 2.79 bits per heavy atom. The number of rotatable bonds is 2. The van der Waals surface area contributed by atoms with Crippen LogP contribution in [0.15, 0.2) is 12.3 Å². The Morgan fingerprint density at radius 1 is 1.50 bits per heavy atom. The third-order valence-corrected chi connectivity index (χ3v) is 1.91. The van der Waals surface area contributed by atoms with Crippen molar-refractivity contribution in [1.82, 2.24) is 20.4 Å². The summed E-state index contributed by atoms with van der Waals surface area (Å²) in [7, 11) is 0. The Morgan fingerprint density at radius 2 is 2.29 bits per heavy atom. The Balaban J connectivity index is 2.43. The molecule has 2 aromatic heterocycles. The van der Waals surface area contributed by atoms with Crippen LogP contribution in [0.1, 0.15) is 16.2 Å². The number of hydrogen-bond donors (Lipinski definition) is 3. The summed E-state index contributed by atoms with van der Waals surface area (Å²) in [4.78, 5) is 10.6. The molecule has 0 fully saturated rings. The van der Waals surface area contributed by atoms with Crippen LogP contribution in [0.2, 0.25) is 0 Å². The van der Waals surface area contributed by atoms with Crippen molar-refractivity contribution in [1.29, 1.82) is 0 Å². The van der Waals surface area contributed by atoms with E-state index in [-0.39, 0.29) is 5.69 Å². The molecule has 0 bridgehead atoms. The number of H-pyrrole nitrogens is 2. The molecule has 6 nitrogen and oxygen atoms in total. The molecular weight excluding hydrogens is 184 g/mol. The number of carboxylic acids is 1. The molecule has 14 heavy (non-hydrogen) atoms. The van der Waals surface area contributed by atoms with Crippen molar-refractivity contribution in [3.63, 3.8) is 0 Å². The first-order valence-electron chi connectivity index (χ1n) is 3.97. The van der Waals surface area contributed by atoms with Crippen molar-refractivity contribution in [3.05, 3.63) is 23.7 Å². The zero-order valence-electron chi connectivity index (χ0n) is 7.40. The van der Waals surface area contributed by atoms with Crippen LogP contribution in [0.4, 0.5) is 0 Å². The van der Waals surface area contributed by atoms with Gasteiger partial charge in [-0.3, -0.25) is 10.2 Å². The summed E-state index contributed by atoms with van der Waals surface area (Å²) in [6, 6.07) is 1.47. The third-order valence-electron chi connectivity index (χ3n) is 1.91. The molecule has 0 saturated heterocycles. The highest BCUT2D eigenvalue weighted by atomic mass is 16.4. The van der Waals surface area contributed by atoms with E-state index in [2.05, 4.69) is 20.4 Å². The summed E-state index contributed by atoms with van der Waals surface area (Å²) >= 11 is 0. The van der Waals surface area contributed by atoms with Crippen LogP contribution in [0.3, 0.4) is 0 Å². The Kier molecular flexibility index (Phi) is 1.81. The topological polar surface area (TPSA) is 94.7 Å². The number of aromatic amines is 2. The number of nitrogens with one attached hydrogen (secondary N) is 2. The van der Waals surface area contributed by atoms with Crippen molar-refractivity contribution in [2.24, 2.45) is 0 Å². The third kappa shape index (κ3) is 1.26. The molecule has 0 amide bonds. The minimum Gasteiger partial charge on any atom is -0.477 e. The second-order valence-corrected chi connectivity index (χ2v) is 2.88. The van der Waals surface area contributed by atoms with Gasteiger partial charge in [0.2, 0.25) is 0 Å². The number of aromatic carboxylic acids is 1. The fourth-order valence-corrected chi connectivity index (χ4v) is 1.18. The van der Waals surface area contributed by atoms with Crippen LogP contribution in [0.5, 0.6) is 0 Å². The molecule has 2 heterocycles. The number of hydrogen-bond acceptors (Lipinski definition) is 3. The second kappa shape index (κ2) is 2.99. The highest BCUT2D eigenvalue weighted by Gasteiger charge is 2.11. The van der Waals surface area contributed by atoms with Crippen LogP contribution >= 0.6 is 0 Å². The summed E-state index contributed by atoms with van der Waals surface area (Å²) < 4.78 is 0. The first kappa shape index (κ1) is 8.49. The number of aromatic nitrogens is 4. The van der Waals surface area contributed by atoms with Gasteiger partial charge < -0.3 is 5.11 Å². The highest BCUT2D eigenvalue weighted by molar-refractivity contribution is 5.86. The maximum Gasteiger partial charge on any atom is 0.353 e. The van der Waals surface area contributed by atoms with Crippen LogP contribution in [-0.4, -0.2) is 31.5 Å². The van der Waals surface area contributed by atoms with E-state index in [4.69, 9.17) is 5.11 Å². The summed E-state index contributed by atoms with van der Waals surface area (Å²) in [5, 5.41) is 21.6. The molecule has 6 heteroatoms. The standard InChI is InChI=1S/C8H8N4O2/c1-4-5(3-9-10-4)6-2-7(8(13)14)12-11-6/h2-3H,1H3,(H,9,10)(H,11,12)(H,13,14). The molecule has 0 aliphatic heterocycles. The van der Waals surface area contributed by atoms with Gasteiger partial charge in [-0.1, -0.05) is 0 Å². The molecule has 2 rings (SSSR count). The Bertz CT molecular complexity index is 471. The van der Waals surface area contributed by atoms with E-state index in [0.717, 1.165) is 11.3 Å². The molecule has 0 saturated carbocycles. The monoisotopic (exact) mass is 192 g/mol. The van der Waals surface area contributed by atoms with Gasteiger partial charge in [0.05, 0.1) is 11.9 Å². The zero-order chi connectivity index (χ0) is 10.1. The van der Waals surface area contributed by atoms with Crippen molar-refractivity contribution in [3.8, 4) is 11.3 Å². The van der Waals surface area contributed by atoms with E-state index in [1.54, 1.807) is 6.20 Å². The lowest BCUT2D eigenvalue weighted by atomic mass is 10.2. The van der Waals surface area contributed by atoms with Gasteiger partial charge in [0.15, 0.2) is 0 Å². The molecule has 0 aromatic carbocycles. The normalized spacial score (nSPS) is 10.4. The van der Waals surface area contributed by atoms with Gasteiger partial charge in [-0.15, -0.1) is 0 Å². The maximum absolute atomic E-state index is 10.6. The summed E-state index contributed by atoms with van der Waals surface area (Å²) in [6.45, 7) is 1.84. The van der Waals surface area contributed by atoms with Gasteiger partial charge >= 0.3 is 5.97 Å². The van der Waals surface area contributed by atoms with Crippen molar-refractivity contribution < 1.29 is 9.90 Å². The van der Waals surface area contributed by atoms with E-state index in [9.17, 15) is 4.79 Å². The van der Waals surface area contributed by atoms with Crippen LogP contribution in [0.25, 0.3) is 11.3 Å². The lowest BCUT2D eigenvalue weighted by molar-refractivity contribution is 0.0690. The fourth-order valence-electron chi connectivity index (χ4n) is 1.18. The predicted molar refractivity (Wildman–Crippen MR) is 47.9 cm³/mol. The molecule has 72 valence electrons. The lowest BCUT2D eigenvalue weighted by Crippen LogP contribution is -1.95. The molecule has 0 radical (unpaired) electrons. The number of carbonyl (C=O) groups is 1. The number of carboxylic acid groups (broad SMARTS) is 1. The van der Waals surface area contributed by atoms with E-state index in [1.165, 1.54) is 6.07 Å². The minimum absolute atomic E-state index is 0.0700. The smallest absolute Gasteiger partial charge is 0.353 e. The van der Waals surface area contributed by atoms with Gasteiger partial charge in [-0.25, -0.2) is 4.79 Å². The molecule has 0 spiro atoms. The quantitative estimate of drug-likeness (QED) is 0.656. The molecule has 0 unspecified atom stereocenters. The van der Waals surface area contributed by atoms with Crippen LogP contribution < -0.4 is 0 Å². The van der Waals surface area contributed by atoms with Gasteiger partial charge in [-0.2, -0.15) is 10.2 Å². The average molecular weight is 192 g/mol.